The number of fused-ring (bicyclic) bond motifs is 3. The van der Waals surface area contributed by atoms with Gasteiger partial charge in [0.25, 0.3) is 5.56 Å². The van der Waals surface area contributed by atoms with E-state index >= 15 is 0 Å². The first-order chi connectivity index (χ1) is 11.1. The summed E-state index contributed by atoms with van der Waals surface area (Å²) in [6.07, 6.45) is -0.523. The van der Waals surface area contributed by atoms with Gasteiger partial charge in [-0.25, -0.2) is 9.38 Å². The fraction of sp³-hybridized carbons (Fsp3) is 0.0625. The number of rotatable bonds is 1. The van der Waals surface area contributed by atoms with Crippen molar-refractivity contribution in [3.8, 4) is 0 Å². The molecule has 0 spiro atoms. The van der Waals surface area contributed by atoms with Crippen LogP contribution in [0.5, 0.6) is 0 Å². The lowest BCUT2D eigenvalue weighted by Gasteiger charge is -2.27. The molecule has 0 bridgehead atoms. The zero-order valence-corrected chi connectivity index (χ0v) is 11.9. The predicted octanol–water partition coefficient (Wildman–Crippen LogP) is 1.82. The Bertz CT molecular complexity index is 994. The number of nitrogens with one attached hydrogen (secondary N) is 1. The molecule has 6 nitrogen and oxygen atoms in total. The van der Waals surface area contributed by atoms with E-state index in [1.165, 1.54) is 12.1 Å². The summed E-state index contributed by atoms with van der Waals surface area (Å²) in [6.45, 7) is 0. The van der Waals surface area contributed by atoms with Gasteiger partial charge in [-0.2, -0.15) is 4.98 Å². The number of anilines is 1. The Morgan fingerprint density at radius 1 is 1.13 bits per heavy atom. The van der Waals surface area contributed by atoms with Crippen LogP contribution in [-0.4, -0.2) is 15.5 Å². The molecule has 0 saturated carbocycles. The van der Waals surface area contributed by atoms with E-state index in [1.807, 2.05) is 12.1 Å². The van der Waals surface area contributed by atoms with Gasteiger partial charge in [-0.15, -0.1) is 0 Å². The number of para-hydroxylation sites is 1. The van der Waals surface area contributed by atoms with Crippen LogP contribution in [0.3, 0.4) is 0 Å². The maximum atomic E-state index is 13.2. The van der Waals surface area contributed by atoms with Crippen molar-refractivity contribution in [2.75, 3.05) is 5.32 Å². The normalized spacial score (nSPS) is 16.6. The van der Waals surface area contributed by atoms with Gasteiger partial charge >= 0.3 is 0 Å². The van der Waals surface area contributed by atoms with Crippen LogP contribution in [0.2, 0.25) is 0 Å². The Hall–Kier alpha value is -3.22. The molecule has 1 aliphatic rings. The minimum atomic E-state index is -0.523. The van der Waals surface area contributed by atoms with E-state index in [2.05, 4.69) is 15.3 Å². The van der Waals surface area contributed by atoms with Crippen molar-refractivity contribution >= 4 is 22.8 Å². The third-order valence-electron chi connectivity index (χ3n) is 3.74. The summed E-state index contributed by atoms with van der Waals surface area (Å²) in [5.74, 6) is 0.139. The molecule has 2 aromatic carbocycles. The summed E-state index contributed by atoms with van der Waals surface area (Å²) >= 11 is 0. The van der Waals surface area contributed by atoms with Crippen LogP contribution in [0.1, 0.15) is 11.7 Å². The molecule has 7 heteroatoms. The van der Waals surface area contributed by atoms with Crippen molar-refractivity contribution in [2.45, 2.75) is 6.17 Å². The zero-order chi connectivity index (χ0) is 16.0. The highest BCUT2D eigenvalue weighted by atomic mass is 19.1. The van der Waals surface area contributed by atoms with Crippen molar-refractivity contribution in [3.05, 3.63) is 70.3 Å². The third kappa shape index (κ3) is 2.13. The fourth-order valence-corrected chi connectivity index (χ4v) is 2.72. The van der Waals surface area contributed by atoms with Crippen LogP contribution in [0, 0.1) is 5.82 Å². The number of benzene rings is 2. The van der Waals surface area contributed by atoms with Crippen LogP contribution in [0.15, 0.2) is 58.3 Å². The number of aromatic nitrogens is 2. The highest BCUT2D eigenvalue weighted by Crippen LogP contribution is 2.29. The van der Waals surface area contributed by atoms with Gasteiger partial charge in [0, 0.05) is 0 Å². The Morgan fingerprint density at radius 3 is 2.65 bits per heavy atom. The molecule has 0 saturated heterocycles. The lowest BCUT2D eigenvalue weighted by molar-refractivity contribution is 0.604. The molecule has 0 aliphatic carbocycles. The van der Waals surface area contributed by atoms with Crippen molar-refractivity contribution < 1.29 is 4.39 Å². The molecular formula is C16H12FN5O. The van der Waals surface area contributed by atoms with Crippen molar-refractivity contribution in [3.63, 3.8) is 0 Å². The average molecular weight is 309 g/mol. The second-order valence-corrected chi connectivity index (χ2v) is 5.19. The molecule has 0 radical (unpaired) electrons. The summed E-state index contributed by atoms with van der Waals surface area (Å²) in [4.78, 5) is 20.6. The van der Waals surface area contributed by atoms with Gasteiger partial charge in [-0.1, -0.05) is 24.3 Å². The second kappa shape index (κ2) is 4.91. The Balaban J connectivity index is 2.03. The van der Waals surface area contributed by atoms with Gasteiger partial charge in [0.05, 0.1) is 10.9 Å². The van der Waals surface area contributed by atoms with Gasteiger partial charge in [0.15, 0.2) is 12.1 Å². The van der Waals surface area contributed by atoms with E-state index in [9.17, 15) is 9.18 Å². The molecule has 3 aromatic rings. The van der Waals surface area contributed by atoms with Crippen LogP contribution >= 0.6 is 0 Å². The molecule has 2 heterocycles. The maximum absolute atomic E-state index is 13.2. The summed E-state index contributed by atoms with van der Waals surface area (Å²) in [5.41, 5.74) is 6.89. The van der Waals surface area contributed by atoms with E-state index in [0.717, 1.165) is 5.56 Å². The van der Waals surface area contributed by atoms with Crippen LogP contribution in [0.25, 0.3) is 10.9 Å². The number of nitrogens with zero attached hydrogens (tertiary/aromatic N) is 3. The number of hydrogen-bond acceptors (Lipinski definition) is 5. The largest absolute Gasteiger partial charge is 0.370 e. The Labute approximate surface area is 130 Å². The minimum absolute atomic E-state index is 0.154. The number of nitrogens with two attached hydrogens (primary N) is 1. The van der Waals surface area contributed by atoms with Crippen LogP contribution < -0.4 is 16.6 Å². The SMILES string of the molecule is NC1=N[C@H](c2ccc(F)cc2)n2c(nc(=O)c3ccccc32)N1. The molecule has 1 atom stereocenters. The van der Waals surface area contributed by atoms with Gasteiger partial charge in [-0.3, -0.25) is 14.7 Å². The van der Waals surface area contributed by atoms with Gasteiger partial charge in [-0.05, 0) is 29.8 Å². The maximum Gasteiger partial charge on any atom is 0.282 e. The highest BCUT2D eigenvalue weighted by molar-refractivity contribution is 5.93. The molecule has 1 aromatic heterocycles. The minimum Gasteiger partial charge on any atom is -0.370 e. The summed E-state index contributed by atoms with van der Waals surface area (Å²) in [7, 11) is 0. The van der Waals surface area contributed by atoms with Crippen molar-refractivity contribution in [1.29, 1.82) is 0 Å². The van der Waals surface area contributed by atoms with E-state index in [4.69, 9.17) is 5.73 Å². The summed E-state index contributed by atoms with van der Waals surface area (Å²) < 4.78 is 15.0. The number of guanidine groups is 1. The lowest BCUT2D eigenvalue weighted by Crippen LogP contribution is -2.34. The van der Waals surface area contributed by atoms with Crippen molar-refractivity contribution in [1.82, 2.24) is 9.55 Å². The first-order valence-corrected chi connectivity index (χ1v) is 7.00. The molecule has 0 amide bonds. The molecular weight excluding hydrogens is 297 g/mol. The quantitative estimate of drug-likeness (QED) is 0.718. The highest BCUT2D eigenvalue weighted by Gasteiger charge is 2.24. The standard InChI is InChI=1S/C16H12FN5O/c17-10-7-5-9(6-8-10)13-19-15(18)21-16-20-14(23)11-3-1-2-4-12(11)22(13)16/h1-8,13H,(H3,18,19,20,21,23)/t13-/m0/s1. The molecule has 3 N–H and O–H groups in total. The summed E-state index contributed by atoms with van der Waals surface area (Å²) in [6, 6.07) is 13.1. The van der Waals surface area contributed by atoms with E-state index in [0.29, 0.717) is 16.9 Å². The predicted molar refractivity (Wildman–Crippen MR) is 85.8 cm³/mol. The van der Waals surface area contributed by atoms with Crippen molar-refractivity contribution in [2.24, 2.45) is 10.7 Å². The lowest BCUT2D eigenvalue weighted by atomic mass is 10.1. The molecule has 23 heavy (non-hydrogen) atoms. The van der Waals surface area contributed by atoms with E-state index in [1.54, 1.807) is 28.8 Å². The van der Waals surface area contributed by atoms with Gasteiger partial charge < -0.3 is 5.73 Å². The van der Waals surface area contributed by atoms with Gasteiger partial charge in [0.1, 0.15) is 5.82 Å². The Morgan fingerprint density at radius 2 is 1.87 bits per heavy atom. The van der Waals surface area contributed by atoms with E-state index in [-0.39, 0.29) is 17.3 Å². The zero-order valence-electron chi connectivity index (χ0n) is 11.9. The third-order valence-corrected chi connectivity index (χ3v) is 3.74. The molecule has 4 rings (SSSR count). The van der Waals surface area contributed by atoms with E-state index < -0.39 is 6.17 Å². The molecule has 0 unspecified atom stereocenters. The average Bonchev–Trinajstić information content (AvgIpc) is 2.55. The molecule has 1 aliphatic heterocycles. The monoisotopic (exact) mass is 309 g/mol. The Kier molecular flexibility index (Phi) is 2.87. The van der Waals surface area contributed by atoms with Crippen LogP contribution in [-0.2, 0) is 0 Å². The smallest absolute Gasteiger partial charge is 0.282 e. The topological polar surface area (TPSA) is 85.3 Å². The number of hydrogen-bond donors (Lipinski definition) is 2. The fourth-order valence-electron chi connectivity index (χ4n) is 2.72. The summed E-state index contributed by atoms with van der Waals surface area (Å²) in [5, 5.41) is 3.30. The second-order valence-electron chi connectivity index (χ2n) is 5.19. The van der Waals surface area contributed by atoms with Crippen LogP contribution in [0.4, 0.5) is 10.3 Å². The molecule has 114 valence electrons. The van der Waals surface area contributed by atoms with Gasteiger partial charge in [0.2, 0.25) is 5.95 Å². The molecule has 0 fully saturated rings. The number of aliphatic imine (C=N–C) groups is 1. The first-order valence-electron chi connectivity index (χ1n) is 7.00. The number of halogens is 1. The first kappa shape index (κ1) is 13.4.